The van der Waals surface area contributed by atoms with Gasteiger partial charge in [-0.2, -0.15) is 0 Å². The van der Waals surface area contributed by atoms with Gasteiger partial charge >= 0.3 is 0 Å². The molecule has 0 radical (unpaired) electrons. The van der Waals surface area contributed by atoms with Crippen molar-refractivity contribution < 1.29 is 9.59 Å². The first-order chi connectivity index (χ1) is 16.8. The van der Waals surface area contributed by atoms with E-state index in [0.29, 0.717) is 22.6 Å². The van der Waals surface area contributed by atoms with Crippen LogP contribution in [-0.2, 0) is 11.8 Å². The van der Waals surface area contributed by atoms with Gasteiger partial charge in [0, 0.05) is 23.2 Å². The molecule has 7 nitrogen and oxygen atoms in total. The average Bonchev–Trinajstić information content (AvgIpc) is 3.08. The monoisotopic (exact) mass is 486 g/mol. The number of para-hydroxylation sites is 1. The van der Waals surface area contributed by atoms with Crippen LogP contribution in [0.2, 0.25) is 0 Å². The number of carbonyl (C=O) groups is 2. The number of carbonyl (C=O) groups excluding carboxylic acids is 2. The fourth-order valence-corrected chi connectivity index (χ4v) is 4.53. The maximum absolute atomic E-state index is 13.1. The standard InChI is InChI=1S/C27H26N4O3S/c1-18-24(27(34)31(30(18)3)22-13-6-4-7-14-22)29-26(33)20-11-10-12-21(17-20)28-25(32)19(2)35-23-15-8-5-9-16-23/h4-17,19H,1-3H3,(H,28,32)(H,29,33)/t19-/m0/s1. The number of hydrogen-bond donors (Lipinski definition) is 2. The minimum absolute atomic E-state index is 0.166. The van der Waals surface area contributed by atoms with Crippen LogP contribution in [0.5, 0.6) is 0 Å². The van der Waals surface area contributed by atoms with E-state index in [1.165, 1.54) is 16.4 Å². The highest BCUT2D eigenvalue weighted by molar-refractivity contribution is 8.00. The van der Waals surface area contributed by atoms with Gasteiger partial charge in [-0.15, -0.1) is 11.8 Å². The fourth-order valence-electron chi connectivity index (χ4n) is 3.64. The highest BCUT2D eigenvalue weighted by Crippen LogP contribution is 2.24. The van der Waals surface area contributed by atoms with Crippen LogP contribution in [0.1, 0.15) is 23.0 Å². The summed E-state index contributed by atoms with van der Waals surface area (Å²) < 4.78 is 3.21. The molecule has 0 spiro atoms. The van der Waals surface area contributed by atoms with Crippen molar-refractivity contribution in [2.45, 2.75) is 24.0 Å². The summed E-state index contributed by atoms with van der Waals surface area (Å²) in [6, 6.07) is 25.6. The minimum Gasteiger partial charge on any atom is -0.325 e. The lowest BCUT2D eigenvalue weighted by atomic mass is 10.2. The maximum Gasteiger partial charge on any atom is 0.295 e. The molecular formula is C27H26N4O3S. The molecule has 8 heteroatoms. The topological polar surface area (TPSA) is 85.1 Å². The van der Waals surface area contributed by atoms with Crippen molar-refractivity contribution in [3.63, 3.8) is 0 Å². The van der Waals surface area contributed by atoms with Crippen LogP contribution in [0.15, 0.2) is 94.6 Å². The number of anilines is 2. The number of rotatable bonds is 7. The lowest BCUT2D eigenvalue weighted by Crippen LogP contribution is -2.23. The largest absolute Gasteiger partial charge is 0.325 e. The molecule has 4 rings (SSSR count). The predicted octanol–water partition coefficient (Wildman–Crippen LogP) is 4.86. The first kappa shape index (κ1) is 24.1. The Bertz CT molecular complexity index is 1410. The molecule has 1 aromatic heterocycles. The second-order valence-corrected chi connectivity index (χ2v) is 9.45. The molecule has 2 amide bonds. The number of nitrogens with one attached hydrogen (secondary N) is 2. The van der Waals surface area contributed by atoms with Crippen molar-refractivity contribution in [1.29, 1.82) is 0 Å². The van der Waals surface area contributed by atoms with E-state index in [2.05, 4.69) is 10.6 Å². The molecule has 0 fully saturated rings. The maximum atomic E-state index is 13.1. The van der Waals surface area contributed by atoms with Gasteiger partial charge < -0.3 is 10.6 Å². The van der Waals surface area contributed by atoms with E-state index in [0.717, 1.165) is 4.90 Å². The summed E-state index contributed by atoms with van der Waals surface area (Å²) in [6.45, 7) is 3.61. The molecule has 3 aromatic carbocycles. The summed E-state index contributed by atoms with van der Waals surface area (Å²) in [5, 5.41) is 5.30. The number of hydrogen-bond acceptors (Lipinski definition) is 4. The summed E-state index contributed by atoms with van der Waals surface area (Å²) in [5.41, 5.74) is 2.07. The van der Waals surface area contributed by atoms with Crippen molar-refractivity contribution in [3.8, 4) is 5.69 Å². The van der Waals surface area contributed by atoms with Gasteiger partial charge in [0.05, 0.1) is 16.6 Å². The predicted molar refractivity (Wildman–Crippen MR) is 141 cm³/mol. The third-order valence-electron chi connectivity index (χ3n) is 5.61. The summed E-state index contributed by atoms with van der Waals surface area (Å²) in [6.07, 6.45) is 0. The molecule has 0 aliphatic carbocycles. The van der Waals surface area contributed by atoms with Gasteiger partial charge in [-0.25, -0.2) is 4.68 Å². The first-order valence-corrected chi connectivity index (χ1v) is 12.0. The van der Waals surface area contributed by atoms with Crippen molar-refractivity contribution in [1.82, 2.24) is 9.36 Å². The van der Waals surface area contributed by atoms with Crippen LogP contribution in [0.3, 0.4) is 0 Å². The van der Waals surface area contributed by atoms with E-state index in [-0.39, 0.29) is 22.4 Å². The lowest BCUT2D eigenvalue weighted by Gasteiger charge is -2.13. The van der Waals surface area contributed by atoms with Gasteiger partial charge in [0.15, 0.2) is 0 Å². The molecule has 0 aliphatic heterocycles. The van der Waals surface area contributed by atoms with Gasteiger partial charge in [-0.3, -0.25) is 19.1 Å². The highest BCUT2D eigenvalue weighted by atomic mass is 32.2. The van der Waals surface area contributed by atoms with Crippen LogP contribution in [-0.4, -0.2) is 26.4 Å². The Labute approximate surface area is 207 Å². The van der Waals surface area contributed by atoms with Crippen molar-refractivity contribution in [3.05, 3.63) is 107 Å². The van der Waals surface area contributed by atoms with Crippen molar-refractivity contribution in [2.75, 3.05) is 10.6 Å². The molecule has 1 atom stereocenters. The van der Waals surface area contributed by atoms with E-state index in [1.54, 1.807) is 42.9 Å². The van der Waals surface area contributed by atoms with E-state index < -0.39 is 5.91 Å². The molecule has 35 heavy (non-hydrogen) atoms. The molecule has 4 aromatic rings. The summed E-state index contributed by atoms with van der Waals surface area (Å²) in [4.78, 5) is 39.8. The first-order valence-electron chi connectivity index (χ1n) is 11.1. The van der Waals surface area contributed by atoms with Gasteiger partial charge in [0.25, 0.3) is 11.5 Å². The van der Waals surface area contributed by atoms with Crippen LogP contribution in [0, 0.1) is 6.92 Å². The lowest BCUT2D eigenvalue weighted by molar-refractivity contribution is -0.115. The summed E-state index contributed by atoms with van der Waals surface area (Å²) in [5.74, 6) is -0.597. The van der Waals surface area contributed by atoms with Gasteiger partial charge in [0.1, 0.15) is 5.69 Å². The molecular weight excluding hydrogens is 460 g/mol. The highest BCUT2D eigenvalue weighted by Gasteiger charge is 2.20. The zero-order chi connectivity index (χ0) is 24.9. The number of thioether (sulfide) groups is 1. The van der Waals surface area contributed by atoms with Crippen molar-refractivity contribution in [2.24, 2.45) is 7.05 Å². The molecule has 178 valence electrons. The second kappa shape index (κ2) is 10.5. The van der Waals surface area contributed by atoms with Gasteiger partial charge in [-0.1, -0.05) is 42.5 Å². The van der Waals surface area contributed by atoms with E-state index in [1.807, 2.05) is 67.6 Å². The molecule has 0 aliphatic rings. The van der Waals surface area contributed by atoms with Gasteiger partial charge in [-0.05, 0) is 56.3 Å². The minimum atomic E-state index is -0.432. The Morgan fingerprint density at radius 2 is 1.54 bits per heavy atom. The second-order valence-electron chi connectivity index (χ2n) is 8.03. The number of nitrogens with zero attached hydrogens (tertiary/aromatic N) is 2. The van der Waals surface area contributed by atoms with Crippen LogP contribution in [0.25, 0.3) is 5.69 Å². The normalized spacial score (nSPS) is 11.6. The zero-order valence-corrected chi connectivity index (χ0v) is 20.5. The Morgan fingerprint density at radius 3 is 2.23 bits per heavy atom. The zero-order valence-electron chi connectivity index (χ0n) is 19.7. The molecule has 0 saturated carbocycles. The number of amides is 2. The quantitative estimate of drug-likeness (QED) is 0.366. The molecule has 2 N–H and O–H groups in total. The number of benzene rings is 3. The van der Waals surface area contributed by atoms with Crippen LogP contribution in [0.4, 0.5) is 11.4 Å². The van der Waals surface area contributed by atoms with Crippen LogP contribution < -0.4 is 16.2 Å². The van der Waals surface area contributed by atoms with E-state index >= 15 is 0 Å². The Balaban J connectivity index is 1.49. The third kappa shape index (κ3) is 5.38. The molecule has 0 bridgehead atoms. The number of aromatic nitrogens is 2. The van der Waals surface area contributed by atoms with Crippen molar-refractivity contribution >= 4 is 35.0 Å². The SMILES string of the molecule is Cc1c(NC(=O)c2cccc(NC(=O)[C@H](C)Sc3ccccc3)c2)c(=O)n(-c2ccccc2)n1C. The summed E-state index contributed by atoms with van der Waals surface area (Å²) in [7, 11) is 1.77. The smallest absolute Gasteiger partial charge is 0.295 e. The third-order valence-corrected chi connectivity index (χ3v) is 6.72. The average molecular weight is 487 g/mol. The Morgan fingerprint density at radius 1 is 0.886 bits per heavy atom. The Kier molecular flexibility index (Phi) is 7.22. The Hall–Kier alpha value is -4.04. The van der Waals surface area contributed by atoms with E-state index in [9.17, 15) is 14.4 Å². The molecule has 0 unspecified atom stereocenters. The molecule has 0 saturated heterocycles. The van der Waals surface area contributed by atoms with Crippen LogP contribution >= 0.6 is 11.8 Å². The van der Waals surface area contributed by atoms with E-state index in [4.69, 9.17) is 0 Å². The molecule has 1 heterocycles. The fraction of sp³-hybridized carbons (Fsp3) is 0.148. The van der Waals surface area contributed by atoms with Gasteiger partial charge in [0.2, 0.25) is 5.91 Å². The summed E-state index contributed by atoms with van der Waals surface area (Å²) >= 11 is 1.46.